The third-order valence-corrected chi connectivity index (χ3v) is 4.11. The number of amides is 2. The summed E-state index contributed by atoms with van der Waals surface area (Å²) in [4.78, 5) is 29.3. The van der Waals surface area contributed by atoms with Crippen LogP contribution >= 0.6 is 11.3 Å². The van der Waals surface area contributed by atoms with E-state index in [4.69, 9.17) is 0 Å². The predicted molar refractivity (Wildman–Crippen MR) is 78.2 cm³/mol. The van der Waals surface area contributed by atoms with Crippen LogP contribution in [0.3, 0.4) is 0 Å². The average molecular weight is 305 g/mol. The lowest BCUT2D eigenvalue weighted by atomic mass is 10.3. The van der Waals surface area contributed by atoms with Gasteiger partial charge in [-0.25, -0.2) is 4.98 Å². The summed E-state index contributed by atoms with van der Waals surface area (Å²) in [7, 11) is 0. The molecule has 1 N–H and O–H groups in total. The minimum Gasteiger partial charge on any atom is -0.335 e. The van der Waals surface area contributed by atoms with Gasteiger partial charge in [-0.15, -0.1) is 11.3 Å². The minimum atomic E-state index is -0.191. The molecular formula is C13H15N5O2S. The molecule has 3 rings (SSSR count). The van der Waals surface area contributed by atoms with Gasteiger partial charge >= 0.3 is 0 Å². The number of carbonyl (C=O) groups excluding carboxylic acids is 2. The van der Waals surface area contributed by atoms with Gasteiger partial charge in [-0.3, -0.25) is 14.3 Å². The van der Waals surface area contributed by atoms with Gasteiger partial charge in [0.1, 0.15) is 5.69 Å². The molecule has 0 spiro atoms. The van der Waals surface area contributed by atoms with Crippen molar-refractivity contribution in [3.63, 3.8) is 0 Å². The fourth-order valence-corrected chi connectivity index (χ4v) is 3.11. The van der Waals surface area contributed by atoms with E-state index in [1.54, 1.807) is 16.5 Å². The molecule has 1 saturated heterocycles. The zero-order valence-corrected chi connectivity index (χ0v) is 12.3. The standard InChI is InChI=1S/C13H15N5O2S/c1-9(19)15-13-16-11(8-21-13)12(20)17-6-3-10(7-17)18-5-2-4-14-18/h2,4-5,8,10H,3,6-7H2,1H3,(H,15,16,19). The Kier molecular flexibility index (Phi) is 3.70. The van der Waals surface area contributed by atoms with E-state index in [2.05, 4.69) is 15.4 Å². The highest BCUT2D eigenvalue weighted by Gasteiger charge is 2.29. The first-order valence-electron chi connectivity index (χ1n) is 6.65. The Hall–Kier alpha value is -2.22. The number of nitrogens with zero attached hydrogens (tertiary/aromatic N) is 4. The smallest absolute Gasteiger partial charge is 0.273 e. The van der Waals surface area contributed by atoms with Gasteiger partial charge in [0.2, 0.25) is 5.91 Å². The Morgan fingerprint density at radius 1 is 1.48 bits per heavy atom. The maximum atomic E-state index is 12.4. The Balaban J connectivity index is 1.66. The molecule has 2 aromatic rings. The molecule has 21 heavy (non-hydrogen) atoms. The molecule has 110 valence electrons. The van der Waals surface area contributed by atoms with Crippen molar-refractivity contribution in [3.05, 3.63) is 29.5 Å². The summed E-state index contributed by atoms with van der Waals surface area (Å²) >= 11 is 1.26. The van der Waals surface area contributed by atoms with E-state index >= 15 is 0 Å². The summed E-state index contributed by atoms with van der Waals surface area (Å²) in [6.45, 7) is 2.74. The number of nitrogens with one attached hydrogen (secondary N) is 1. The van der Waals surface area contributed by atoms with Gasteiger partial charge in [-0.1, -0.05) is 0 Å². The maximum absolute atomic E-state index is 12.4. The molecule has 0 radical (unpaired) electrons. The van der Waals surface area contributed by atoms with Crippen molar-refractivity contribution in [1.29, 1.82) is 0 Å². The van der Waals surface area contributed by atoms with Crippen LogP contribution in [0.2, 0.25) is 0 Å². The van der Waals surface area contributed by atoms with Crippen molar-refractivity contribution in [3.8, 4) is 0 Å². The van der Waals surface area contributed by atoms with Crippen molar-refractivity contribution in [2.75, 3.05) is 18.4 Å². The van der Waals surface area contributed by atoms with Crippen LogP contribution in [0.5, 0.6) is 0 Å². The van der Waals surface area contributed by atoms with E-state index < -0.39 is 0 Å². The fourth-order valence-electron chi connectivity index (χ4n) is 2.38. The molecule has 1 aliphatic heterocycles. The monoisotopic (exact) mass is 305 g/mol. The van der Waals surface area contributed by atoms with Gasteiger partial charge in [-0.2, -0.15) is 5.10 Å². The lowest BCUT2D eigenvalue weighted by molar-refractivity contribution is -0.114. The van der Waals surface area contributed by atoms with Gasteiger partial charge < -0.3 is 10.2 Å². The molecule has 0 aliphatic carbocycles. The average Bonchev–Trinajstić information content (AvgIpc) is 3.18. The van der Waals surface area contributed by atoms with Crippen LogP contribution in [-0.4, -0.2) is 44.6 Å². The van der Waals surface area contributed by atoms with Crippen molar-refractivity contribution >= 4 is 28.3 Å². The molecule has 1 aliphatic rings. The van der Waals surface area contributed by atoms with Crippen molar-refractivity contribution in [1.82, 2.24) is 19.7 Å². The van der Waals surface area contributed by atoms with Crippen LogP contribution in [0, 0.1) is 0 Å². The number of hydrogen-bond acceptors (Lipinski definition) is 5. The van der Waals surface area contributed by atoms with Gasteiger partial charge in [0.25, 0.3) is 5.91 Å². The van der Waals surface area contributed by atoms with Crippen LogP contribution in [0.15, 0.2) is 23.8 Å². The van der Waals surface area contributed by atoms with Gasteiger partial charge in [0, 0.05) is 37.8 Å². The lowest BCUT2D eigenvalue weighted by Gasteiger charge is -2.15. The predicted octanol–water partition coefficient (Wildman–Crippen LogP) is 1.39. The largest absolute Gasteiger partial charge is 0.335 e. The van der Waals surface area contributed by atoms with E-state index in [1.165, 1.54) is 18.3 Å². The number of aromatic nitrogens is 3. The number of likely N-dealkylation sites (tertiary alicyclic amines) is 1. The van der Waals surface area contributed by atoms with Crippen molar-refractivity contribution < 1.29 is 9.59 Å². The Labute approximate surface area is 125 Å². The first kappa shape index (κ1) is 13.7. The summed E-state index contributed by atoms with van der Waals surface area (Å²) in [6.07, 6.45) is 4.54. The molecule has 3 heterocycles. The van der Waals surface area contributed by atoms with Gasteiger partial charge in [0.05, 0.1) is 6.04 Å². The van der Waals surface area contributed by atoms with Gasteiger partial charge in [0.15, 0.2) is 5.13 Å². The molecule has 7 nitrogen and oxygen atoms in total. The van der Waals surface area contributed by atoms with Crippen LogP contribution in [0.1, 0.15) is 29.9 Å². The topological polar surface area (TPSA) is 80.1 Å². The molecule has 0 bridgehead atoms. The first-order valence-corrected chi connectivity index (χ1v) is 7.53. The molecule has 0 aromatic carbocycles. The summed E-state index contributed by atoms with van der Waals surface area (Å²) < 4.78 is 1.89. The maximum Gasteiger partial charge on any atom is 0.273 e. The van der Waals surface area contributed by atoms with E-state index in [-0.39, 0.29) is 17.9 Å². The zero-order valence-electron chi connectivity index (χ0n) is 11.5. The minimum absolute atomic E-state index is 0.0995. The van der Waals surface area contributed by atoms with Crippen LogP contribution < -0.4 is 5.32 Å². The summed E-state index contributed by atoms with van der Waals surface area (Å²) in [5.41, 5.74) is 0.380. The van der Waals surface area contributed by atoms with Gasteiger partial charge in [-0.05, 0) is 12.5 Å². The molecule has 2 aromatic heterocycles. The second-order valence-electron chi connectivity index (χ2n) is 4.90. The Bertz CT molecular complexity index is 651. The second kappa shape index (κ2) is 5.65. The molecular weight excluding hydrogens is 290 g/mol. The SMILES string of the molecule is CC(=O)Nc1nc(C(=O)N2CCC(n3cccn3)C2)cs1. The number of thiazole rings is 1. The molecule has 1 unspecified atom stereocenters. The zero-order chi connectivity index (χ0) is 14.8. The normalized spacial score (nSPS) is 18.0. The number of anilines is 1. The Morgan fingerprint density at radius 2 is 2.33 bits per heavy atom. The second-order valence-corrected chi connectivity index (χ2v) is 5.76. The van der Waals surface area contributed by atoms with E-state index in [9.17, 15) is 9.59 Å². The molecule has 2 amide bonds. The fraction of sp³-hybridized carbons (Fsp3) is 0.385. The third-order valence-electron chi connectivity index (χ3n) is 3.36. The van der Waals surface area contributed by atoms with Crippen LogP contribution in [0.4, 0.5) is 5.13 Å². The van der Waals surface area contributed by atoms with E-state index in [0.29, 0.717) is 23.9 Å². The number of hydrogen-bond donors (Lipinski definition) is 1. The highest BCUT2D eigenvalue weighted by atomic mass is 32.1. The number of carbonyl (C=O) groups is 2. The highest BCUT2D eigenvalue weighted by molar-refractivity contribution is 7.14. The quantitative estimate of drug-likeness (QED) is 0.929. The molecule has 1 fully saturated rings. The Morgan fingerprint density at radius 3 is 3.05 bits per heavy atom. The lowest BCUT2D eigenvalue weighted by Crippen LogP contribution is -2.29. The highest BCUT2D eigenvalue weighted by Crippen LogP contribution is 2.23. The first-order chi connectivity index (χ1) is 10.1. The van der Waals surface area contributed by atoms with Crippen molar-refractivity contribution in [2.45, 2.75) is 19.4 Å². The molecule has 1 atom stereocenters. The number of rotatable bonds is 3. The van der Waals surface area contributed by atoms with E-state index in [1.807, 2.05) is 16.9 Å². The van der Waals surface area contributed by atoms with Crippen LogP contribution in [-0.2, 0) is 4.79 Å². The van der Waals surface area contributed by atoms with Crippen LogP contribution in [0.25, 0.3) is 0 Å². The van der Waals surface area contributed by atoms with E-state index in [0.717, 1.165) is 6.42 Å². The summed E-state index contributed by atoms with van der Waals surface area (Å²) in [5.74, 6) is -0.291. The third kappa shape index (κ3) is 2.94. The van der Waals surface area contributed by atoms with Crippen molar-refractivity contribution in [2.24, 2.45) is 0 Å². The summed E-state index contributed by atoms with van der Waals surface area (Å²) in [5, 5.41) is 8.93. The summed E-state index contributed by atoms with van der Waals surface area (Å²) in [6, 6.07) is 2.10. The molecule has 0 saturated carbocycles. The molecule has 8 heteroatoms.